The Labute approximate surface area is 123 Å². The first-order valence-corrected chi connectivity index (χ1v) is 6.70. The second-order valence-corrected chi connectivity index (χ2v) is 5.18. The lowest BCUT2D eigenvalue weighted by molar-refractivity contribution is -0.387. The Morgan fingerprint density at radius 1 is 1.35 bits per heavy atom. The van der Waals surface area contributed by atoms with Gasteiger partial charge >= 0.3 is 5.69 Å². The summed E-state index contributed by atoms with van der Waals surface area (Å²) in [6.07, 6.45) is 0. The van der Waals surface area contributed by atoms with Gasteiger partial charge in [0.1, 0.15) is 0 Å². The summed E-state index contributed by atoms with van der Waals surface area (Å²) in [6.45, 7) is 2.14. The van der Waals surface area contributed by atoms with Crippen LogP contribution in [0, 0.1) is 22.9 Å². The van der Waals surface area contributed by atoms with Gasteiger partial charge in [-0.15, -0.1) is 0 Å². The van der Waals surface area contributed by atoms with Crippen molar-refractivity contribution in [2.45, 2.75) is 13.5 Å². The maximum Gasteiger partial charge on any atom is 0.305 e. The first kappa shape index (κ1) is 14.5. The summed E-state index contributed by atoms with van der Waals surface area (Å²) in [5.74, 6) is -0.793. The molecule has 0 atom stereocenters. The first-order valence-electron chi connectivity index (χ1n) is 5.91. The number of rotatable bonds is 4. The molecule has 0 heterocycles. The van der Waals surface area contributed by atoms with Gasteiger partial charge in [0.15, 0.2) is 0 Å². The summed E-state index contributed by atoms with van der Waals surface area (Å²) < 4.78 is 14.9. The molecule has 4 nitrogen and oxygen atoms in total. The number of nitrogens with zero attached hydrogens (tertiary/aromatic N) is 1. The quantitative estimate of drug-likeness (QED) is 0.663. The normalized spacial score (nSPS) is 10.3. The standard InChI is InChI=1S/C14H12BrFN2O2/c1-9-7-11(5-6-12(9)15)17-8-10-3-2-4-13(14(10)16)18(19)20/h2-7,17H,8H2,1H3. The van der Waals surface area contributed by atoms with E-state index in [0.29, 0.717) is 0 Å². The zero-order valence-electron chi connectivity index (χ0n) is 10.7. The molecule has 2 rings (SSSR count). The van der Waals surface area contributed by atoms with Gasteiger partial charge in [-0.1, -0.05) is 28.1 Å². The van der Waals surface area contributed by atoms with E-state index in [9.17, 15) is 14.5 Å². The lowest BCUT2D eigenvalue weighted by atomic mass is 10.1. The van der Waals surface area contributed by atoms with Crippen molar-refractivity contribution < 1.29 is 9.31 Å². The molecule has 0 fully saturated rings. The molecule has 0 amide bonds. The molecule has 0 aliphatic rings. The van der Waals surface area contributed by atoms with Crippen molar-refractivity contribution in [1.29, 1.82) is 0 Å². The van der Waals surface area contributed by atoms with Crippen LogP contribution in [0.2, 0.25) is 0 Å². The Bertz CT molecular complexity index is 662. The smallest absolute Gasteiger partial charge is 0.305 e. The molecule has 104 valence electrons. The van der Waals surface area contributed by atoms with Crippen LogP contribution >= 0.6 is 15.9 Å². The number of aryl methyl sites for hydroxylation is 1. The Kier molecular flexibility index (Phi) is 4.34. The van der Waals surface area contributed by atoms with Crippen LogP contribution in [0.1, 0.15) is 11.1 Å². The Morgan fingerprint density at radius 3 is 2.75 bits per heavy atom. The van der Waals surface area contributed by atoms with Gasteiger partial charge in [-0.25, -0.2) is 0 Å². The van der Waals surface area contributed by atoms with Crippen molar-refractivity contribution in [3.63, 3.8) is 0 Å². The number of halogens is 2. The van der Waals surface area contributed by atoms with Crippen LogP contribution in [0.5, 0.6) is 0 Å². The molecule has 0 unspecified atom stereocenters. The third kappa shape index (κ3) is 3.14. The van der Waals surface area contributed by atoms with Crippen LogP contribution in [0.15, 0.2) is 40.9 Å². The maximum absolute atomic E-state index is 13.9. The number of nitro benzene ring substituents is 1. The molecular formula is C14H12BrFN2O2. The lowest BCUT2D eigenvalue weighted by Gasteiger charge is -2.09. The Morgan fingerprint density at radius 2 is 2.10 bits per heavy atom. The molecule has 0 saturated carbocycles. The van der Waals surface area contributed by atoms with Gasteiger partial charge in [0, 0.05) is 28.3 Å². The fraction of sp³-hybridized carbons (Fsp3) is 0.143. The van der Waals surface area contributed by atoms with Gasteiger partial charge in [0.05, 0.1) is 4.92 Å². The van der Waals surface area contributed by atoms with E-state index in [1.807, 2.05) is 25.1 Å². The molecule has 1 N–H and O–H groups in total. The molecule has 0 bridgehead atoms. The van der Waals surface area contributed by atoms with Gasteiger partial charge in [-0.3, -0.25) is 10.1 Å². The van der Waals surface area contributed by atoms with Gasteiger partial charge in [0.2, 0.25) is 5.82 Å². The molecule has 6 heteroatoms. The monoisotopic (exact) mass is 338 g/mol. The van der Waals surface area contributed by atoms with E-state index in [4.69, 9.17) is 0 Å². The summed E-state index contributed by atoms with van der Waals surface area (Å²) in [5, 5.41) is 13.7. The van der Waals surface area contributed by atoms with Crippen molar-refractivity contribution in [2.75, 3.05) is 5.32 Å². The van der Waals surface area contributed by atoms with E-state index in [1.165, 1.54) is 12.1 Å². The van der Waals surface area contributed by atoms with E-state index in [2.05, 4.69) is 21.2 Å². The van der Waals surface area contributed by atoms with Crippen molar-refractivity contribution >= 4 is 27.3 Å². The molecule has 2 aromatic carbocycles. The summed E-state index contributed by atoms with van der Waals surface area (Å²) >= 11 is 3.40. The topological polar surface area (TPSA) is 55.2 Å². The third-order valence-corrected chi connectivity index (χ3v) is 3.79. The van der Waals surface area contributed by atoms with Crippen molar-refractivity contribution in [3.05, 3.63) is 67.9 Å². The predicted molar refractivity (Wildman–Crippen MR) is 79.3 cm³/mol. The van der Waals surface area contributed by atoms with Gasteiger partial charge < -0.3 is 5.32 Å². The average Bonchev–Trinajstić information content (AvgIpc) is 2.41. The minimum Gasteiger partial charge on any atom is -0.381 e. The van der Waals surface area contributed by atoms with E-state index < -0.39 is 16.4 Å². The lowest BCUT2D eigenvalue weighted by Crippen LogP contribution is -2.04. The zero-order valence-corrected chi connectivity index (χ0v) is 12.3. The highest BCUT2D eigenvalue weighted by Gasteiger charge is 2.16. The minimum absolute atomic E-state index is 0.189. The SMILES string of the molecule is Cc1cc(NCc2cccc([N+](=O)[O-])c2F)ccc1Br. The van der Waals surface area contributed by atoms with E-state index in [-0.39, 0.29) is 12.1 Å². The summed E-state index contributed by atoms with van der Waals surface area (Å²) in [6, 6.07) is 9.82. The molecule has 0 aliphatic heterocycles. The molecule has 0 aliphatic carbocycles. The highest BCUT2D eigenvalue weighted by molar-refractivity contribution is 9.10. The summed E-state index contributed by atoms with van der Waals surface area (Å²) in [4.78, 5) is 9.95. The van der Waals surface area contributed by atoms with Crippen molar-refractivity contribution in [3.8, 4) is 0 Å². The van der Waals surface area contributed by atoms with Gasteiger partial charge in [-0.05, 0) is 30.7 Å². The van der Waals surface area contributed by atoms with Gasteiger partial charge in [-0.2, -0.15) is 4.39 Å². The molecule has 0 aromatic heterocycles. The summed E-state index contributed by atoms with van der Waals surface area (Å²) in [5.41, 5.74) is 1.64. The fourth-order valence-electron chi connectivity index (χ4n) is 1.80. The number of benzene rings is 2. The largest absolute Gasteiger partial charge is 0.381 e. The highest BCUT2D eigenvalue weighted by Crippen LogP contribution is 2.23. The Hall–Kier alpha value is -1.95. The van der Waals surface area contributed by atoms with Crippen LogP contribution in [-0.2, 0) is 6.54 Å². The second kappa shape index (κ2) is 6.00. The third-order valence-electron chi connectivity index (χ3n) is 2.90. The number of nitro groups is 1. The number of anilines is 1. The van der Waals surface area contributed by atoms with Crippen LogP contribution in [0.3, 0.4) is 0 Å². The number of hydrogen-bond acceptors (Lipinski definition) is 3. The molecule has 0 radical (unpaired) electrons. The van der Waals surface area contributed by atoms with Crippen molar-refractivity contribution in [2.24, 2.45) is 0 Å². The van der Waals surface area contributed by atoms with Crippen LogP contribution < -0.4 is 5.32 Å². The molecular weight excluding hydrogens is 327 g/mol. The Balaban J connectivity index is 2.17. The van der Waals surface area contributed by atoms with Gasteiger partial charge in [0.25, 0.3) is 0 Å². The number of hydrogen-bond donors (Lipinski definition) is 1. The maximum atomic E-state index is 13.9. The minimum atomic E-state index is -0.793. The second-order valence-electron chi connectivity index (χ2n) is 4.32. The summed E-state index contributed by atoms with van der Waals surface area (Å²) in [7, 11) is 0. The van der Waals surface area contributed by atoms with E-state index in [0.717, 1.165) is 21.8 Å². The fourth-order valence-corrected chi connectivity index (χ4v) is 2.04. The first-order chi connectivity index (χ1) is 9.49. The molecule has 2 aromatic rings. The zero-order chi connectivity index (χ0) is 14.7. The average molecular weight is 339 g/mol. The van der Waals surface area contributed by atoms with E-state index >= 15 is 0 Å². The van der Waals surface area contributed by atoms with Crippen LogP contribution in [-0.4, -0.2) is 4.92 Å². The number of nitrogens with one attached hydrogen (secondary N) is 1. The predicted octanol–water partition coefficient (Wildman–Crippen LogP) is 4.42. The van der Waals surface area contributed by atoms with E-state index in [1.54, 1.807) is 0 Å². The van der Waals surface area contributed by atoms with Crippen molar-refractivity contribution in [1.82, 2.24) is 0 Å². The highest BCUT2D eigenvalue weighted by atomic mass is 79.9. The molecule has 20 heavy (non-hydrogen) atoms. The van der Waals surface area contributed by atoms with Crippen LogP contribution in [0.25, 0.3) is 0 Å². The molecule has 0 spiro atoms. The molecule has 0 saturated heterocycles. The van der Waals surface area contributed by atoms with Crippen LogP contribution in [0.4, 0.5) is 15.8 Å².